The SMILES string of the molecule is O=C(O)c1cccc2[nH]c(=O)cnc12. The van der Waals surface area contributed by atoms with Crippen LogP contribution < -0.4 is 5.56 Å². The summed E-state index contributed by atoms with van der Waals surface area (Å²) < 4.78 is 0. The Morgan fingerprint density at radius 1 is 1.43 bits per heavy atom. The standard InChI is InChI=1S/C9H6N2O3/c12-7-4-10-8-5(9(13)14)2-1-3-6(8)11-7/h1-4H,(H,11,12)(H,13,14). The fourth-order valence-electron chi connectivity index (χ4n) is 1.24. The number of fused-ring (bicyclic) bond motifs is 1. The van der Waals surface area contributed by atoms with Crippen molar-refractivity contribution in [2.24, 2.45) is 0 Å². The van der Waals surface area contributed by atoms with E-state index in [9.17, 15) is 9.59 Å². The van der Waals surface area contributed by atoms with Crippen LogP contribution in [0.15, 0.2) is 29.2 Å². The lowest BCUT2D eigenvalue weighted by atomic mass is 10.2. The van der Waals surface area contributed by atoms with Crippen molar-refractivity contribution in [3.05, 3.63) is 40.3 Å². The number of carboxylic acid groups (broad SMARTS) is 1. The predicted octanol–water partition coefficient (Wildman–Crippen LogP) is 0.621. The van der Waals surface area contributed by atoms with Crippen LogP contribution >= 0.6 is 0 Å². The molecule has 2 aromatic rings. The van der Waals surface area contributed by atoms with Crippen molar-refractivity contribution in [1.82, 2.24) is 9.97 Å². The molecule has 1 aromatic heterocycles. The third-order valence-electron chi connectivity index (χ3n) is 1.84. The zero-order valence-corrected chi connectivity index (χ0v) is 7.02. The molecule has 0 aliphatic carbocycles. The first-order valence-corrected chi connectivity index (χ1v) is 3.90. The van der Waals surface area contributed by atoms with Crippen LogP contribution in [-0.2, 0) is 0 Å². The van der Waals surface area contributed by atoms with Crippen LogP contribution in [-0.4, -0.2) is 21.0 Å². The Balaban J connectivity index is 2.88. The number of aromatic carboxylic acids is 1. The van der Waals surface area contributed by atoms with Gasteiger partial charge < -0.3 is 10.1 Å². The Morgan fingerprint density at radius 3 is 2.93 bits per heavy atom. The molecule has 0 radical (unpaired) electrons. The third-order valence-corrected chi connectivity index (χ3v) is 1.84. The maximum Gasteiger partial charge on any atom is 0.337 e. The number of aromatic nitrogens is 2. The molecule has 0 fully saturated rings. The van der Waals surface area contributed by atoms with E-state index < -0.39 is 5.97 Å². The average molecular weight is 190 g/mol. The second-order valence-corrected chi connectivity index (χ2v) is 2.75. The number of nitrogens with zero attached hydrogens (tertiary/aromatic N) is 1. The van der Waals surface area contributed by atoms with Crippen molar-refractivity contribution >= 4 is 17.0 Å². The molecule has 0 saturated heterocycles. The van der Waals surface area contributed by atoms with E-state index in [0.29, 0.717) is 11.0 Å². The van der Waals surface area contributed by atoms with Crippen LogP contribution in [0.4, 0.5) is 0 Å². The van der Waals surface area contributed by atoms with Gasteiger partial charge in [0.05, 0.1) is 17.3 Å². The monoisotopic (exact) mass is 190 g/mol. The molecule has 0 aliphatic rings. The molecule has 0 unspecified atom stereocenters. The molecule has 0 saturated carbocycles. The van der Waals surface area contributed by atoms with Gasteiger partial charge in [0, 0.05) is 0 Å². The fourth-order valence-corrected chi connectivity index (χ4v) is 1.24. The van der Waals surface area contributed by atoms with Crippen LogP contribution in [0.5, 0.6) is 0 Å². The first-order valence-electron chi connectivity index (χ1n) is 3.90. The molecule has 2 rings (SSSR count). The molecular weight excluding hydrogens is 184 g/mol. The van der Waals surface area contributed by atoms with Crippen LogP contribution in [0.3, 0.4) is 0 Å². The lowest BCUT2D eigenvalue weighted by Crippen LogP contribution is -2.07. The van der Waals surface area contributed by atoms with E-state index in [0.717, 1.165) is 6.20 Å². The minimum absolute atomic E-state index is 0.0822. The summed E-state index contributed by atoms with van der Waals surface area (Å²) in [6, 6.07) is 4.61. The number of carboxylic acids is 1. The van der Waals surface area contributed by atoms with Gasteiger partial charge in [0.25, 0.3) is 5.56 Å². The number of para-hydroxylation sites is 1. The molecule has 0 amide bonds. The number of carbonyl (C=O) groups is 1. The molecule has 70 valence electrons. The topological polar surface area (TPSA) is 83.0 Å². The number of rotatable bonds is 1. The number of nitrogens with one attached hydrogen (secondary N) is 1. The van der Waals surface area contributed by atoms with E-state index in [2.05, 4.69) is 9.97 Å². The van der Waals surface area contributed by atoms with Gasteiger partial charge in [-0.15, -0.1) is 0 Å². The summed E-state index contributed by atoms with van der Waals surface area (Å²) in [7, 11) is 0. The number of aromatic amines is 1. The van der Waals surface area contributed by atoms with E-state index in [4.69, 9.17) is 5.11 Å². The molecule has 0 bridgehead atoms. The molecule has 5 nitrogen and oxygen atoms in total. The minimum atomic E-state index is -1.06. The highest BCUT2D eigenvalue weighted by Gasteiger charge is 2.08. The highest BCUT2D eigenvalue weighted by Crippen LogP contribution is 2.12. The smallest absolute Gasteiger partial charge is 0.337 e. The average Bonchev–Trinajstić information content (AvgIpc) is 2.16. The molecule has 5 heteroatoms. The molecule has 14 heavy (non-hydrogen) atoms. The Kier molecular flexibility index (Phi) is 1.78. The Bertz CT molecular complexity index is 559. The Morgan fingerprint density at radius 2 is 2.21 bits per heavy atom. The largest absolute Gasteiger partial charge is 0.478 e. The van der Waals surface area contributed by atoms with Crippen LogP contribution in [0, 0.1) is 0 Å². The molecular formula is C9H6N2O3. The van der Waals surface area contributed by atoms with Gasteiger partial charge in [-0.1, -0.05) is 6.07 Å². The number of benzene rings is 1. The van der Waals surface area contributed by atoms with Crippen molar-refractivity contribution in [2.45, 2.75) is 0 Å². The lowest BCUT2D eigenvalue weighted by Gasteiger charge is -1.99. The van der Waals surface area contributed by atoms with E-state index in [1.165, 1.54) is 6.07 Å². The molecule has 1 aromatic carbocycles. The predicted molar refractivity (Wildman–Crippen MR) is 49.3 cm³/mol. The molecule has 0 atom stereocenters. The van der Waals surface area contributed by atoms with Gasteiger partial charge in [0.1, 0.15) is 5.52 Å². The maximum atomic E-state index is 10.9. The van der Waals surface area contributed by atoms with Gasteiger partial charge >= 0.3 is 5.97 Å². The van der Waals surface area contributed by atoms with Gasteiger partial charge in [-0.05, 0) is 12.1 Å². The molecule has 0 spiro atoms. The van der Waals surface area contributed by atoms with E-state index >= 15 is 0 Å². The van der Waals surface area contributed by atoms with Crippen molar-refractivity contribution in [3.8, 4) is 0 Å². The second-order valence-electron chi connectivity index (χ2n) is 2.75. The first-order chi connectivity index (χ1) is 6.68. The van der Waals surface area contributed by atoms with Gasteiger partial charge in [-0.3, -0.25) is 4.79 Å². The van der Waals surface area contributed by atoms with Crippen LogP contribution in [0.2, 0.25) is 0 Å². The highest BCUT2D eigenvalue weighted by molar-refractivity contribution is 6.00. The summed E-state index contributed by atoms with van der Waals surface area (Å²) in [4.78, 5) is 27.9. The van der Waals surface area contributed by atoms with Gasteiger partial charge in [0.2, 0.25) is 0 Å². The Hall–Kier alpha value is -2.17. The van der Waals surface area contributed by atoms with E-state index in [1.54, 1.807) is 12.1 Å². The minimum Gasteiger partial charge on any atom is -0.478 e. The first kappa shape index (κ1) is 8.43. The molecule has 0 aliphatic heterocycles. The second kappa shape index (κ2) is 2.95. The summed E-state index contributed by atoms with van der Waals surface area (Å²) in [6.45, 7) is 0. The fraction of sp³-hybridized carbons (Fsp3) is 0. The quantitative estimate of drug-likeness (QED) is 0.690. The molecule has 2 N–H and O–H groups in total. The zero-order valence-electron chi connectivity index (χ0n) is 7.02. The summed E-state index contributed by atoms with van der Waals surface area (Å²) in [5, 5.41) is 8.82. The van der Waals surface area contributed by atoms with Gasteiger partial charge in [-0.25, -0.2) is 9.78 Å². The summed E-state index contributed by atoms with van der Waals surface area (Å²) in [5.41, 5.74) is 0.454. The van der Waals surface area contributed by atoms with Crippen molar-refractivity contribution < 1.29 is 9.90 Å². The Labute approximate surface area is 78.0 Å². The van der Waals surface area contributed by atoms with E-state index in [-0.39, 0.29) is 11.1 Å². The van der Waals surface area contributed by atoms with E-state index in [1.807, 2.05) is 0 Å². The van der Waals surface area contributed by atoms with Gasteiger partial charge in [0.15, 0.2) is 0 Å². The highest BCUT2D eigenvalue weighted by atomic mass is 16.4. The lowest BCUT2D eigenvalue weighted by molar-refractivity contribution is 0.0699. The third kappa shape index (κ3) is 1.24. The van der Waals surface area contributed by atoms with Crippen molar-refractivity contribution in [1.29, 1.82) is 0 Å². The maximum absolute atomic E-state index is 10.9. The summed E-state index contributed by atoms with van der Waals surface area (Å²) in [5.74, 6) is -1.06. The number of H-pyrrole nitrogens is 1. The van der Waals surface area contributed by atoms with Crippen LogP contribution in [0.25, 0.3) is 11.0 Å². The summed E-state index contributed by atoms with van der Waals surface area (Å²) in [6.07, 6.45) is 1.06. The summed E-state index contributed by atoms with van der Waals surface area (Å²) >= 11 is 0. The zero-order chi connectivity index (χ0) is 10.1. The number of hydrogen-bond donors (Lipinski definition) is 2. The van der Waals surface area contributed by atoms with Crippen molar-refractivity contribution in [2.75, 3.05) is 0 Å². The normalized spacial score (nSPS) is 10.3. The molecule has 1 heterocycles. The van der Waals surface area contributed by atoms with Crippen molar-refractivity contribution in [3.63, 3.8) is 0 Å². The number of hydrogen-bond acceptors (Lipinski definition) is 3. The van der Waals surface area contributed by atoms with Crippen LogP contribution in [0.1, 0.15) is 10.4 Å². The van der Waals surface area contributed by atoms with Gasteiger partial charge in [-0.2, -0.15) is 0 Å².